The van der Waals surface area contributed by atoms with Crippen molar-refractivity contribution >= 4 is 11.0 Å². The Kier molecular flexibility index (Phi) is 5.24. The van der Waals surface area contributed by atoms with Gasteiger partial charge in [0.05, 0.1) is 7.11 Å². The molecule has 7 heteroatoms. The first kappa shape index (κ1) is 20.9. The lowest BCUT2D eigenvalue weighted by Gasteiger charge is -2.19. The van der Waals surface area contributed by atoms with Crippen molar-refractivity contribution in [2.45, 2.75) is 5.92 Å². The minimum absolute atomic E-state index is 0.0679. The second kappa shape index (κ2) is 8.03. The summed E-state index contributed by atoms with van der Waals surface area (Å²) in [5.74, 6) is -2.18. The molecule has 4 aromatic rings. The molecule has 0 aliphatic carbocycles. The average molecular weight is 432 g/mol. The number of rotatable bonds is 5. The number of aromatic hydroxyl groups is 4. The first-order valence-corrected chi connectivity index (χ1v) is 9.66. The number of allylic oxidation sites excluding steroid dienone is 1. The molecule has 0 saturated heterocycles. The predicted molar refractivity (Wildman–Crippen MR) is 120 cm³/mol. The topological polar surface area (TPSA) is 120 Å². The van der Waals surface area contributed by atoms with Gasteiger partial charge < -0.3 is 29.6 Å². The van der Waals surface area contributed by atoms with Crippen molar-refractivity contribution in [3.05, 3.63) is 88.6 Å². The summed E-state index contributed by atoms with van der Waals surface area (Å²) >= 11 is 0. The molecule has 1 heterocycles. The highest BCUT2D eigenvalue weighted by atomic mass is 16.5. The molecule has 32 heavy (non-hydrogen) atoms. The highest BCUT2D eigenvalue weighted by molar-refractivity contribution is 5.92. The van der Waals surface area contributed by atoms with Crippen LogP contribution in [0, 0.1) is 0 Å². The van der Waals surface area contributed by atoms with E-state index in [-0.39, 0.29) is 39.5 Å². The quantitative estimate of drug-likeness (QED) is 0.340. The Labute approximate surface area is 182 Å². The molecule has 0 fully saturated rings. The van der Waals surface area contributed by atoms with Crippen molar-refractivity contribution in [2.75, 3.05) is 7.11 Å². The Hall–Kier alpha value is -4.39. The molecule has 0 spiro atoms. The first-order valence-electron chi connectivity index (χ1n) is 9.66. The molecule has 0 aliphatic heterocycles. The number of phenolic OH excluding ortho intramolecular Hbond substituents is 3. The molecule has 3 aromatic carbocycles. The van der Waals surface area contributed by atoms with Gasteiger partial charge in [-0.3, -0.25) is 4.79 Å². The van der Waals surface area contributed by atoms with Crippen LogP contribution in [-0.2, 0) is 0 Å². The van der Waals surface area contributed by atoms with E-state index < -0.39 is 22.8 Å². The number of hydrogen-bond acceptors (Lipinski definition) is 7. The van der Waals surface area contributed by atoms with Crippen LogP contribution in [-0.4, -0.2) is 27.5 Å². The second-order valence-corrected chi connectivity index (χ2v) is 7.15. The van der Waals surface area contributed by atoms with E-state index in [2.05, 4.69) is 6.58 Å². The van der Waals surface area contributed by atoms with E-state index in [0.717, 1.165) is 6.07 Å². The van der Waals surface area contributed by atoms with Crippen LogP contribution in [0.4, 0.5) is 0 Å². The van der Waals surface area contributed by atoms with Crippen LogP contribution in [0.5, 0.6) is 28.7 Å². The lowest BCUT2D eigenvalue weighted by Crippen LogP contribution is -2.07. The third kappa shape index (κ3) is 3.30. The molecule has 0 amide bonds. The minimum Gasteiger partial charge on any atom is -0.507 e. The number of fused-ring (bicyclic) bond motifs is 1. The number of phenols is 3. The molecule has 0 bridgehead atoms. The summed E-state index contributed by atoms with van der Waals surface area (Å²) in [6, 6.07) is 14.1. The molecule has 162 valence electrons. The van der Waals surface area contributed by atoms with Gasteiger partial charge in [-0.2, -0.15) is 0 Å². The Morgan fingerprint density at radius 1 is 0.969 bits per heavy atom. The van der Waals surface area contributed by atoms with Crippen LogP contribution in [0.2, 0.25) is 0 Å². The lowest BCUT2D eigenvalue weighted by atomic mass is 9.88. The largest absolute Gasteiger partial charge is 0.507 e. The summed E-state index contributed by atoms with van der Waals surface area (Å²) in [5, 5.41) is 41.3. The number of benzene rings is 3. The minimum atomic E-state index is -0.838. The molecular weight excluding hydrogens is 412 g/mol. The third-order valence-corrected chi connectivity index (χ3v) is 5.28. The van der Waals surface area contributed by atoms with Crippen LogP contribution >= 0.6 is 0 Å². The van der Waals surface area contributed by atoms with Gasteiger partial charge in [0, 0.05) is 23.1 Å². The Morgan fingerprint density at radius 2 is 1.69 bits per heavy atom. The maximum Gasteiger partial charge on any atom is 0.238 e. The maximum atomic E-state index is 13.0. The van der Waals surface area contributed by atoms with E-state index in [0.29, 0.717) is 11.1 Å². The van der Waals surface area contributed by atoms with Crippen LogP contribution < -0.4 is 10.2 Å². The van der Waals surface area contributed by atoms with Gasteiger partial charge in [0.1, 0.15) is 16.9 Å². The summed E-state index contributed by atoms with van der Waals surface area (Å²) in [7, 11) is 1.41. The van der Waals surface area contributed by atoms with Gasteiger partial charge in [-0.05, 0) is 17.7 Å². The molecule has 1 atom stereocenters. The van der Waals surface area contributed by atoms with Crippen molar-refractivity contribution in [1.29, 1.82) is 0 Å². The summed E-state index contributed by atoms with van der Waals surface area (Å²) in [6.07, 6.45) is 1.52. The van der Waals surface area contributed by atoms with Crippen molar-refractivity contribution in [3.63, 3.8) is 0 Å². The van der Waals surface area contributed by atoms with Crippen LogP contribution in [0.25, 0.3) is 22.3 Å². The molecular formula is C25H20O7. The van der Waals surface area contributed by atoms with Gasteiger partial charge in [0.15, 0.2) is 22.8 Å². The molecule has 0 saturated carbocycles. The highest BCUT2D eigenvalue weighted by Crippen LogP contribution is 2.44. The fourth-order valence-corrected chi connectivity index (χ4v) is 3.74. The predicted octanol–water partition coefficient (Wildman–Crippen LogP) is 4.61. The van der Waals surface area contributed by atoms with E-state index in [9.17, 15) is 25.2 Å². The average Bonchev–Trinajstić information content (AvgIpc) is 2.79. The SMILES string of the molecule is C=C[C@H](c1ccc(O)c(OC)c1)c1c(O)cc(O)c2c(=O)c(O)c(-c3ccccc3)oc12. The normalized spacial score (nSPS) is 11.9. The molecule has 0 aliphatic rings. The van der Waals surface area contributed by atoms with Crippen LogP contribution in [0.15, 0.2) is 76.5 Å². The van der Waals surface area contributed by atoms with Gasteiger partial charge in [-0.1, -0.05) is 42.5 Å². The van der Waals surface area contributed by atoms with Gasteiger partial charge in [0.25, 0.3) is 0 Å². The second-order valence-electron chi connectivity index (χ2n) is 7.15. The van der Waals surface area contributed by atoms with E-state index in [1.807, 2.05) is 0 Å². The summed E-state index contributed by atoms with van der Waals surface area (Å²) in [6.45, 7) is 3.84. The van der Waals surface area contributed by atoms with E-state index in [1.165, 1.54) is 19.3 Å². The number of ether oxygens (including phenoxy) is 1. The Balaban J connectivity index is 2.08. The van der Waals surface area contributed by atoms with E-state index in [4.69, 9.17) is 9.15 Å². The van der Waals surface area contributed by atoms with Gasteiger partial charge in [0.2, 0.25) is 11.2 Å². The first-order chi connectivity index (χ1) is 15.4. The highest BCUT2D eigenvalue weighted by Gasteiger charge is 2.27. The van der Waals surface area contributed by atoms with Gasteiger partial charge in [-0.25, -0.2) is 0 Å². The monoisotopic (exact) mass is 432 g/mol. The lowest BCUT2D eigenvalue weighted by molar-refractivity contribution is 0.373. The van der Waals surface area contributed by atoms with Crippen LogP contribution in [0.3, 0.4) is 0 Å². The Bertz CT molecular complexity index is 1390. The zero-order valence-electron chi connectivity index (χ0n) is 17.1. The van der Waals surface area contributed by atoms with Crippen molar-refractivity contribution < 1.29 is 29.6 Å². The van der Waals surface area contributed by atoms with Crippen LogP contribution in [0.1, 0.15) is 17.0 Å². The maximum absolute atomic E-state index is 13.0. The molecule has 7 nitrogen and oxygen atoms in total. The van der Waals surface area contributed by atoms with E-state index in [1.54, 1.807) is 42.5 Å². The summed E-state index contributed by atoms with van der Waals surface area (Å²) in [5.41, 5.74) is 0.249. The fraction of sp³-hybridized carbons (Fsp3) is 0.0800. The van der Waals surface area contributed by atoms with E-state index >= 15 is 0 Å². The zero-order valence-corrected chi connectivity index (χ0v) is 17.1. The zero-order chi connectivity index (χ0) is 23.0. The number of hydrogen-bond donors (Lipinski definition) is 4. The molecule has 0 unspecified atom stereocenters. The molecule has 4 rings (SSSR count). The number of methoxy groups -OCH3 is 1. The van der Waals surface area contributed by atoms with Gasteiger partial charge in [-0.15, -0.1) is 6.58 Å². The fourth-order valence-electron chi connectivity index (χ4n) is 3.74. The van der Waals surface area contributed by atoms with Crippen molar-refractivity contribution in [1.82, 2.24) is 0 Å². The Morgan fingerprint density at radius 3 is 2.34 bits per heavy atom. The smallest absolute Gasteiger partial charge is 0.238 e. The van der Waals surface area contributed by atoms with Gasteiger partial charge >= 0.3 is 0 Å². The summed E-state index contributed by atoms with van der Waals surface area (Å²) < 4.78 is 11.1. The standard InChI is InChI=1S/C25H20O7/c1-3-15(14-9-10-16(26)19(11-14)31-2)20-17(27)12-18(28)21-22(29)23(30)24(32-25(20)21)13-7-5-4-6-8-13/h3-12,15,26-28,30H,1H2,2H3/t15-/m1/s1. The summed E-state index contributed by atoms with van der Waals surface area (Å²) in [4.78, 5) is 13.0. The molecule has 1 aromatic heterocycles. The molecule has 0 radical (unpaired) electrons. The van der Waals surface area contributed by atoms with Crippen molar-refractivity contribution in [3.8, 4) is 40.1 Å². The molecule has 4 N–H and O–H groups in total. The third-order valence-electron chi connectivity index (χ3n) is 5.28. The van der Waals surface area contributed by atoms with Crippen molar-refractivity contribution in [2.24, 2.45) is 0 Å².